The number of carbonyl (C=O) groups excluding carboxylic acids is 1. The van der Waals surface area contributed by atoms with E-state index in [1.54, 1.807) is 4.90 Å². The highest BCUT2D eigenvalue weighted by Crippen LogP contribution is 2.19. The Morgan fingerprint density at radius 3 is 2.41 bits per heavy atom. The molecule has 2 N–H and O–H groups in total. The summed E-state index contributed by atoms with van der Waals surface area (Å²) in [7, 11) is 0. The molecular weight excluding hydrogens is 220 g/mol. The average molecular weight is 242 g/mol. The van der Waals surface area contributed by atoms with Crippen LogP contribution in [0, 0.1) is 5.92 Å². The van der Waals surface area contributed by atoms with E-state index in [1.807, 2.05) is 20.8 Å². The summed E-state index contributed by atoms with van der Waals surface area (Å²) in [5.41, 5.74) is -0.196. The highest BCUT2D eigenvalue weighted by atomic mass is 16.4. The van der Waals surface area contributed by atoms with Crippen molar-refractivity contribution in [1.82, 2.24) is 10.2 Å². The van der Waals surface area contributed by atoms with Crippen molar-refractivity contribution in [3.05, 3.63) is 0 Å². The fourth-order valence-corrected chi connectivity index (χ4v) is 1.91. The second-order valence-electron chi connectivity index (χ2n) is 4.97. The second kappa shape index (κ2) is 5.38. The number of aliphatic carboxylic acids is 1. The van der Waals surface area contributed by atoms with Gasteiger partial charge in [0.15, 0.2) is 0 Å². The van der Waals surface area contributed by atoms with Crippen LogP contribution in [0.3, 0.4) is 0 Å². The van der Waals surface area contributed by atoms with Crippen LogP contribution in [0.25, 0.3) is 0 Å². The summed E-state index contributed by atoms with van der Waals surface area (Å²) in [5.74, 6) is -1.22. The van der Waals surface area contributed by atoms with Crippen LogP contribution in [-0.4, -0.2) is 40.6 Å². The van der Waals surface area contributed by atoms with E-state index < -0.39 is 11.9 Å². The molecule has 1 saturated heterocycles. The van der Waals surface area contributed by atoms with Crippen molar-refractivity contribution in [2.24, 2.45) is 5.92 Å². The predicted molar refractivity (Wildman–Crippen MR) is 64.8 cm³/mol. The van der Waals surface area contributed by atoms with Crippen LogP contribution in [0.4, 0.5) is 4.79 Å². The van der Waals surface area contributed by atoms with E-state index in [-0.39, 0.29) is 11.6 Å². The van der Waals surface area contributed by atoms with Crippen molar-refractivity contribution in [3.63, 3.8) is 0 Å². The maximum absolute atomic E-state index is 12.0. The maximum atomic E-state index is 12.0. The molecule has 1 atom stereocenters. The first kappa shape index (κ1) is 13.8. The minimum Gasteiger partial charge on any atom is -0.481 e. The van der Waals surface area contributed by atoms with Crippen molar-refractivity contribution in [2.45, 2.75) is 45.6 Å². The molecule has 1 fully saturated rings. The number of carboxylic acids is 1. The Hall–Kier alpha value is -1.26. The number of nitrogens with one attached hydrogen (secondary N) is 1. The zero-order chi connectivity index (χ0) is 13.1. The number of nitrogens with zero attached hydrogens (tertiary/aromatic N) is 1. The Morgan fingerprint density at radius 1 is 1.41 bits per heavy atom. The highest BCUT2D eigenvalue weighted by molar-refractivity contribution is 5.77. The summed E-state index contributed by atoms with van der Waals surface area (Å²) in [6.45, 7) is 6.94. The summed E-state index contributed by atoms with van der Waals surface area (Å²) >= 11 is 0. The van der Waals surface area contributed by atoms with Gasteiger partial charge >= 0.3 is 12.0 Å². The molecule has 0 saturated carbocycles. The van der Waals surface area contributed by atoms with Gasteiger partial charge in [0, 0.05) is 18.6 Å². The molecule has 98 valence electrons. The highest BCUT2D eigenvalue weighted by Gasteiger charge is 2.33. The number of hydrogen-bond donors (Lipinski definition) is 2. The summed E-state index contributed by atoms with van der Waals surface area (Å²) in [6, 6.07) is -0.139. The topological polar surface area (TPSA) is 69.6 Å². The van der Waals surface area contributed by atoms with Crippen LogP contribution >= 0.6 is 0 Å². The number of urea groups is 1. The van der Waals surface area contributed by atoms with Gasteiger partial charge in [0.05, 0.1) is 5.92 Å². The van der Waals surface area contributed by atoms with Crippen LogP contribution in [0.2, 0.25) is 0 Å². The SMILES string of the molecule is CCC(C)(CC)NC(=O)N1CCC(C(=O)O)C1. The van der Waals surface area contributed by atoms with Crippen molar-refractivity contribution in [1.29, 1.82) is 0 Å². The van der Waals surface area contributed by atoms with Crippen molar-refractivity contribution >= 4 is 12.0 Å². The lowest BCUT2D eigenvalue weighted by atomic mass is 9.96. The van der Waals surface area contributed by atoms with Gasteiger partial charge in [-0.3, -0.25) is 4.79 Å². The smallest absolute Gasteiger partial charge is 0.317 e. The second-order valence-corrected chi connectivity index (χ2v) is 4.97. The Morgan fingerprint density at radius 2 is 2.00 bits per heavy atom. The van der Waals surface area contributed by atoms with E-state index in [0.29, 0.717) is 19.5 Å². The Bertz CT molecular complexity index is 300. The molecule has 0 bridgehead atoms. The molecule has 0 aliphatic carbocycles. The molecule has 17 heavy (non-hydrogen) atoms. The number of amides is 2. The molecule has 0 aromatic carbocycles. The standard InChI is InChI=1S/C12H22N2O3/c1-4-12(3,5-2)13-11(17)14-7-6-9(8-14)10(15)16/h9H,4-8H2,1-3H3,(H,13,17)(H,15,16). The molecule has 0 radical (unpaired) electrons. The third-order valence-corrected chi connectivity index (χ3v) is 3.79. The van der Waals surface area contributed by atoms with E-state index in [4.69, 9.17) is 5.11 Å². The largest absolute Gasteiger partial charge is 0.481 e. The van der Waals surface area contributed by atoms with Gasteiger partial charge in [-0.1, -0.05) is 13.8 Å². The van der Waals surface area contributed by atoms with E-state index in [1.165, 1.54) is 0 Å². The summed E-state index contributed by atoms with van der Waals surface area (Å²) in [4.78, 5) is 24.4. The van der Waals surface area contributed by atoms with Crippen LogP contribution in [0.5, 0.6) is 0 Å². The average Bonchev–Trinajstić information content (AvgIpc) is 2.78. The number of hydrogen-bond acceptors (Lipinski definition) is 2. The van der Waals surface area contributed by atoms with Crippen LogP contribution in [0.15, 0.2) is 0 Å². The minimum atomic E-state index is -0.811. The first-order valence-corrected chi connectivity index (χ1v) is 6.21. The Balaban J connectivity index is 2.52. The minimum absolute atomic E-state index is 0.139. The van der Waals surface area contributed by atoms with Crippen LogP contribution in [0.1, 0.15) is 40.0 Å². The van der Waals surface area contributed by atoms with Gasteiger partial charge in [-0.05, 0) is 26.2 Å². The van der Waals surface area contributed by atoms with Gasteiger partial charge in [0.1, 0.15) is 0 Å². The van der Waals surface area contributed by atoms with Crippen molar-refractivity contribution in [2.75, 3.05) is 13.1 Å². The molecule has 5 nitrogen and oxygen atoms in total. The predicted octanol–water partition coefficient (Wildman–Crippen LogP) is 1.68. The third-order valence-electron chi connectivity index (χ3n) is 3.79. The van der Waals surface area contributed by atoms with Gasteiger partial charge in [0.25, 0.3) is 0 Å². The summed E-state index contributed by atoms with van der Waals surface area (Å²) in [6.07, 6.45) is 2.29. The Kier molecular flexibility index (Phi) is 4.37. The fraction of sp³-hybridized carbons (Fsp3) is 0.833. The number of rotatable bonds is 4. The molecule has 2 amide bonds. The van der Waals surface area contributed by atoms with E-state index in [2.05, 4.69) is 5.32 Å². The van der Waals surface area contributed by atoms with E-state index in [0.717, 1.165) is 12.8 Å². The Labute approximate surface area is 102 Å². The normalized spacial score (nSPS) is 20.4. The van der Waals surface area contributed by atoms with Crippen LogP contribution < -0.4 is 5.32 Å². The number of likely N-dealkylation sites (tertiary alicyclic amines) is 1. The van der Waals surface area contributed by atoms with Crippen molar-refractivity contribution < 1.29 is 14.7 Å². The lowest BCUT2D eigenvalue weighted by Gasteiger charge is -2.30. The fourth-order valence-electron chi connectivity index (χ4n) is 1.91. The van der Waals surface area contributed by atoms with Gasteiger partial charge in [-0.25, -0.2) is 4.79 Å². The summed E-state index contributed by atoms with van der Waals surface area (Å²) < 4.78 is 0. The third kappa shape index (κ3) is 3.35. The molecule has 1 unspecified atom stereocenters. The molecule has 0 aromatic rings. The molecule has 0 spiro atoms. The van der Waals surface area contributed by atoms with E-state index in [9.17, 15) is 9.59 Å². The lowest BCUT2D eigenvalue weighted by molar-refractivity contribution is -0.141. The van der Waals surface area contributed by atoms with Crippen molar-refractivity contribution in [3.8, 4) is 0 Å². The first-order valence-electron chi connectivity index (χ1n) is 6.21. The molecule has 1 rings (SSSR count). The molecule has 0 aromatic heterocycles. The zero-order valence-electron chi connectivity index (χ0n) is 10.8. The molecular formula is C12H22N2O3. The first-order chi connectivity index (χ1) is 7.91. The van der Waals surface area contributed by atoms with E-state index >= 15 is 0 Å². The molecule has 1 heterocycles. The molecule has 5 heteroatoms. The molecule has 1 aliphatic rings. The zero-order valence-corrected chi connectivity index (χ0v) is 10.8. The van der Waals surface area contributed by atoms with Crippen LogP contribution in [-0.2, 0) is 4.79 Å². The van der Waals surface area contributed by atoms with Gasteiger partial charge in [-0.15, -0.1) is 0 Å². The number of carboxylic acid groups (broad SMARTS) is 1. The lowest BCUT2D eigenvalue weighted by Crippen LogP contribution is -2.50. The van der Waals surface area contributed by atoms with Gasteiger partial charge in [0.2, 0.25) is 0 Å². The summed E-state index contributed by atoms with van der Waals surface area (Å²) in [5, 5.41) is 11.9. The number of carbonyl (C=O) groups is 2. The maximum Gasteiger partial charge on any atom is 0.317 e. The van der Waals surface area contributed by atoms with Gasteiger partial charge in [-0.2, -0.15) is 0 Å². The quantitative estimate of drug-likeness (QED) is 0.788. The monoisotopic (exact) mass is 242 g/mol. The molecule has 1 aliphatic heterocycles. The van der Waals surface area contributed by atoms with Gasteiger partial charge < -0.3 is 15.3 Å².